The lowest BCUT2D eigenvalue weighted by atomic mass is 10.1. The third-order valence-electron chi connectivity index (χ3n) is 3.76. The van der Waals surface area contributed by atoms with Crippen LogP contribution >= 0.6 is 12.2 Å². The van der Waals surface area contributed by atoms with Crippen molar-refractivity contribution in [2.45, 2.75) is 25.8 Å². The Morgan fingerprint density at radius 3 is 2.79 bits per heavy atom. The van der Waals surface area contributed by atoms with Gasteiger partial charge in [-0.2, -0.15) is 0 Å². The number of rotatable bonds is 4. The third-order valence-corrected chi connectivity index (χ3v) is 3.98. The molecule has 0 aromatic heterocycles. The highest BCUT2D eigenvalue weighted by Gasteiger charge is 2.25. The van der Waals surface area contributed by atoms with Gasteiger partial charge >= 0.3 is 0 Å². The Morgan fingerprint density at radius 1 is 1.47 bits per heavy atom. The van der Waals surface area contributed by atoms with Gasteiger partial charge in [0.05, 0.1) is 0 Å². The lowest BCUT2D eigenvalue weighted by Crippen LogP contribution is -2.37. The Balaban J connectivity index is 2.21. The van der Waals surface area contributed by atoms with E-state index in [9.17, 15) is 0 Å². The van der Waals surface area contributed by atoms with E-state index in [4.69, 9.17) is 18.0 Å². The van der Waals surface area contributed by atoms with Crippen molar-refractivity contribution in [3.63, 3.8) is 0 Å². The second-order valence-electron chi connectivity index (χ2n) is 5.62. The largest absolute Gasteiger partial charge is 0.389 e. The first kappa shape index (κ1) is 14.3. The Hall–Kier alpha value is -1.13. The standard InChI is InChI=1S/C15H23N3S/c1-11-9-12(6-7-14(11)15(16)19)18-8-4-5-13(18)10-17(2)3/h6-7,9,13H,4-5,8,10H2,1-3H3,(H2,16,19). The summed E-state index contributed by atoms with van der Waals surface area (Å²) in [4.78, 5) is 5.26. The van der Waals surface area contributed by atoms with Crippen molar-refractivity contribution in [3.8, 4) is 0 Å². The van der Waals surface area contributed by atoms with E-state index in [1.54, 1.807) is 0 Å². The van der Waals surface area contributed by atoms with Crippen LogP contribution in [0, 0.1) is 6.92 Å². The van der Waals surface area contributed by atoms with Crippen molar-refractivity contribution >= 4 is 22.9 Å². The number of hydrogen-bond acceptors (Lipinski definition) is 3. The Kier molecular flexibility index (Phi) is 4.42. The molecule has 1 atom stereocenters. The van der Waals surface area contributed by atoms with Crippen LogP contribution < -0.4 is 10.6 Å². The van der Waals surface area contributed by atoms with Gasteiger partial charge in [-0.3, -0.25) is 0 Å². The number of thiocarbonyl (C=S) groups is 1. The maximum absolute atomic E-state index is 5.72. The minimum atomic E-state index is 0.482. The average molecular weight is 277 g/mol. The van der Waals surface area contributed by atoms with Gasteiger partial charge in [0.15, 0.2) is 0 Å². The van der Waals surface area contributed by atoms with Crippen LogP contribution in [0.5, 0.6) is 0 Å². The van der Waals surface area contributed by atoms with Crippen LogP contribution in [0.4, 0.5) is 5.69 Å². The zero-order valence-electron chi connectivity index (χ0n) is 12.0. The molecule has 104 valence electrons. The van der Waals surface area contributed by atoms with Crippen molar-refractivity contribution in [1.82, 2.24) is 4.90 Å². The lowest BCUT2D eigenvalue weighted by Gasteiger charge is -2.29. The first-order valence-corrected chi connectivity index (χ1v) is 7.21. The molecule has 2 N–H and O–H groups in total. The number of hydrogen-bond donors (Lipinski definition) is 1. The first-order valence-electron chi connectivity index (χ1n) is 6.81. The van der Waals surface area contributed by atoms with Gasteiger partial charge < -0.3 is 15.5 Å². The van der Waals surface area contributed by atoms with Gasteiger partial charge in [-0.05, 0) is 57.6 Å². The minimum Gasteiger partial charge on any atom is -0.389 e. The molecular formula is C15H23N3S. The lowest BCUT2D eigenvalue weighted by molar-refractivity contribution is 0.372. The molecular weight excluding hydrogens is 254 g/mol. The summed E-state index contributed by atoms with van der Waals surface area (Å²) in [5, 5.41) is 0. The SMILES string of the molecule is Cc1cc(N2CCCC2CN(C)C)ccc1C(N)=S. The molecule has 1 aliphatic heterocycles. The Morgan fingerprint density at radius 2 is 2.21 bits per heavy atom. The summed E-state index contributed by atoms with van der Waals surface area (Å²) in [5.41, 5.74) is 9.17. The molecule has 1 aromatic carbocycles. The summed E-state index contributed by atoms with van der Waals surface area (Å²) >= 11 is 5.07. The van der Waals surface area contributed by atoms with Gasteiger partial charge in [-0.25, -0.2) is 0 Å². The Labute approximate surface area is 121 Å². The summed E-state index contributed by atoms with van der Waals surface area (Å²) in [7, 11) is 4.27. The summed E-state index contributed by atoms with van der Waals surface area (Å²) in [5.74, 6) is 0. The number of nitrogens with two attached hydrogens (primary N) is 1. The van der Waals surface area contributed by atoms with E-state index in [1.807, 2.05) is 0 Å². The molecule has 0 saturated carbocycles. The van der Waals surface area contributed by atoms with Crippen LogP contribution in [0.3, 0.4) is 0 Å². The summed E-state index contributed by atoms with van der Waals surface area (Å²) in [6.07, 6.45) is 2.54. The number of likely N-dealkylation sites (N-methyl/N-ethyl adjacent to an activating group) is 1. The van der Waals surface area contributed by atoms with E-state index in [0.717, 1.165) is 18.7 Å². The van der Waals surface area contributed by atoms with Gasteiger partial charge in [0.1, 0.15) is 4.99 Å². The smallest absolute Gasteiger partial charge is 0.104 e. The zero-order chi connectivity index (χ0) is 14.0. The van der Waals surface area contributed by atoms with Gasteiger partial charge in [0.25, 0.3) is 0 Å². The molecule has 4 heteroatoms. The van der Waals surface area contributed by atoms with Crippen LogP contribution in [0.2, 0.25) is 0 Å². The van der Waals surface area contributed by atoms with E-state index in [0.29, 0.717) is 11.0 Å². The summed E-state index contributed by atoms with van der Waals surface area (Å²) in [6.45, 7) is 4.33. The van der Waals surface area contributed by atoms with E-state index < -0.39 is 0 Å². The quantitative estimate of drug-likeness (QED) is 0.855. The molecule has 1 aliphatic rings. The van der Waals surface area contributed by atoms with Gasteiger partial charge in [-0.15, -0.1) is 0 Å². The van der Waals surface area contributed by atoms with Gasteiger partial charge in [0.2, 0.25) is 0 Å². The monoisotopic (exact) mass is 277 g/mol. The first-order chi connectivity index (χ1) is 8.99. The number of aryl methyl sites for hydroxylation is 1. The molecule has 3 nitrogen and oxygen atoms in total. The molecule has 19 heavy (non-hydrogen) atoms. The fourth-order valence-electron chi connectivity index (χ4n) is 2.89. The maximum Gasteiger partial charge on any atom is 0.104 e. The fourth-order valence-corrected chi connectivity index (χ4v) is 3.12. The highest BCUT2D eigenvalue weighted by Crippen LogP contribution is 2.27. The number of nitrogens with zero attached hydrogens (tertiary/aromatic N) is 2. The zero-order valence-corrected chi connectivity index (χ0v) is 12.8. The second-order valence-corrected chi connectivity index (χ2v) is 6.05. The molecule has 1 aromatic rings. The van der Waals surface area contributed by atoms with E-state index in [-0.39, 0.29) is 0 Å². The highest BCUT2D eigenvalue weighted by atomic mass is 32.1. The average Bonchev–Trinajstić information content (AvgIpc) is 2.75. The van der Waals surface area contributed by atoms with Crippen LogP contribution in [0.15, 0.2) is 18.2 Å². The molecule has 0 amide bonds. The predicted molar refractivity (Wildman–Crippen MR) is 86.0 cm³/mol. The second kappa shape index (κ2) is 5.88. The highest BCUT2D eigenvalue weighted by molar-refractivity contribution is 7.80. The van der Waals surface area contributed by atoms with Crippen LogP contribution in [-0.4, -0.2) is 43.1 Å². The van der Waals surface area contributed by atoms with E-state index >= 15 is 0 Å². The van der Waals surface area contributed by atoms with Crippen molar-refractivity contribution in [3.05, 3.63) is 29.3 Å². The van der Waals surface area contributed by atoms with E-state index in [2.05, 4.69) is 49.0 Å². The molecule has 2 rings (SSSR count). The number of benzene rings is 1. The molecule has 0 spiro atoms. The Bertz CT molecular complexity index is 470. The van der Waals surface area contributed by atoms with Crippen LogP contribution in [0.1, 0.15) is 24.0 Å². The van der Waals surface area contributed by atoms with Crippen molar-refractivity contribution < 1.29 is 0 Å². The molecule has 1 saturated heterocycles. The molecule has 0 radical (unpaired) electrons. The fraction of sp³-hybridized carbons (Fsp3) is 0.533. The normalized spacial score (nSPS) is 19.2. The predicted octanol–water partition coefficient (Wildman–Crippen LogP) is 2.16. The molecule has 1 unspecified atom stereocenters. The van der Waals surface area contributed by atoms with Gasteiger partial charge in [0, 0.05) is 30.4 Å². The van der Waals surface area contributed by atoms with Crippen molar-refractivity contribution in [2.24, 2.45) is 5.73 Å². The summed E-state index contributed by atoms with van der Waals surface area (Å²) in [6, 6.07) is 7.03. The van der Waals surface area contributed by atoms with Crippen LogP contribution in [-0.2, 0) is 0 Å². The third kappa shape index (κ3) is 3.25. The molecule has 0 bridgehead atoms. The minimum absolute atomic E-state index is 0.482. The number of anilines is 1. The maximum atomic E-state index is 5.72. The van der Waals surface area contributed by atoms with Gasteiger partial charge in [-0.1, -0.05) is 12.2 Å². The van der Waals surface area contributed by atoms with Crippen molar-refractivity contribution in [2.75, 3.05) is 32.1 Å². The molecule has 1 fully saturated rings. The van der Waals surface area contributed by atoms with Crippen LogP contribution in [0.25, 0.3) is 0 Å². The molecule has 1 heterocycles. The van der Waals surface area contributed by atoms with Crippen molar-refractivity contribution in [1.29, 1.82) is 0 Å². The molecule has 0 aliphatic carbocycles. The summed E-state index contributed by atoms with van der Waals surface area (Å²) < 4.78 is 0. The van der Waals surface area contributed by atoms with E-state index in [1.165, 1.54) is 24.1 Å². The topological polar surface area (TPSA) is 32.5 Å².